The quantitative estimate of drug-likeness (QED) is 0.599. The van der Waals surface area contributed by atoms with E-state index in [0.717, 1.165) is 17.7 Å². The molecule has 2 nitrogen and oxygen atoms in total. The molecule has 3 aromatic carbocycles. The lowest BCUT2D eigenvalue weighted by atomic mass is 9.92. The summed E-state index contributed by atoms with van der Waals surface area (Å²) in [6, 6.07) is 26.5. The van der Waals surface area contributed by atoms with Gasteiger partial charge < -0.3 is 10.0 Å². The molecule has 140 valence electrons. The molecule has 0 atom stereocenters. The summed E-state index contributed by atoms with van der Waals surface area (Å²) in [5.74, 6) is 0.290. The number of benzene rings is 3. The van der Waals surface area contributed by atoms with Crippen LogP contribution < -0.4 is 0 Å². The topological polar surface area (TPSA) is 23.5 Å². The summed E-state index contributed by atoms with van der Waals surface area (Å²) in [4.78, 5) is 2.16. The van der Waals surface area contributed by atoms with Crippen molar-refractivity contribution in [1.29, 1.82) is 0 Å². The molecule has 0 aromatic heterocycles. The van der Waals surface area contributed by atoms with Crippen LogP contribution in [0.25, 0.3) is 16.7 Å². The lowest BCUT2D eigenvalue weighted by Crippen LogP contribution is -2.15. The zero-order valence-corrected chi connectivity index (χ0v) is 16.8. The van der Waals surface area contributed by atoms with Gasteiger partial charge in [-0.15, -0.1) is 12.4 Å². The van der Waals surface area contributed by atoms with E-state index in [4.69, 9.17) is 0 Å². The average molecular weight is 380 g/mol. The number of hydrogen-bond acceptors (Lipinski definition) is 2. The van der Waals surface area contributed by atoms with Gasteiger partial charge in [-0.1, -0.05) is 72.3 Å². The molecule has 0 aliphatic carbocycles. The van der Waals surface area contributed by atoms with Crippen LogP contribution in [0.15, 0.2) is 84.4 Å². The van der Waals surface area contributed by atoms with Crippen molar-refractivity contribution >= 4 is 18.0 Å². The van der Waals surface area contributed by atoms with Crippen molar-refractivity contribution in [3.05, 3.63) is 95.6 Å². The number of phenols is 1. The van der Waals surface area contributed by atoms with Crippen LogP contribution in [0.3, 0.4) is 0 Å². The van der Waals surface area contributed by atoms with Crippen LogP contribution in [0.2, 0.25) is 0 Å². The molecule has 0 fully saturated rings. The van der Waals surface area contributed by atoms with Crippen LogP contribution in [-0.4, -0.2) is 30.6 Å². The first-order valence-electron chi connectivity index (χ1n) is 8.84. The van der Waals surface area contributed by atoms with Crippen LogP contribution in [0.4, 0.5) is 0 Å². The summed E-state index contributed by atoms with van der Waals surface area (Å²) in [5.41, 5.74) is 7.07. The first kappa shape index (κ1) is 20.8. The van der Waals surface area contributed by atoms with Gasteiger partial charge in [0.15, 0.2) is 0 Å². The number of hydrogen-bond donors (Lipinski definition) is 1. The van der Waals surface area contributed by atoms with Gasteiger partial charge in [-0.25, -0.2) is 0 Å². The minimum atomic E-state index is 0. The van der Waals surface area contributed by atoms with Crippen LogP contribution in [0, 0.1) is 0 Å². The molecule has 0 radical (unpaired) electrons. The predicted molar refractivity (Wildman–Crippen MR) is 117 cm³/mol. The maximum absolute atomic E-state index is 9.93. The molecule has 27 heavy (non-hydrogen) atoms. The maximum Gasteiger partial charge on any atom is 0.116 e. The van der Waals surface area contributed by atoms with Gasteiger partial charge in [0.05, 0.1) is 0 Å². The van der Waals surface area contributed by atoms with Gasteiger partial charge in [-0.2, -0.15) is 0 Å². The number of phenolic OH excluding ortho intramolecular Hbond substituents is 1. The Bertz CT molecular complexity index is 899. The lowest BCUT2D eigenvalue weighted by Gasteiger charge is -2.17. The Morgan fingerprint density at radius 3 is 2.00 bits per heavy atom. The number of likely N-dealkylation sites (N-methyl/N-ethyl adjacent to an activating group) is 1. The van der Waals surface area contributed by atoms with Crippen molar-refractivity contribution in [3.63, 3.8) is 0 Å². The lowest BCUT2D eigenvalue weighted by molar-refractivity contribution is 0.446. The zero-order valence-electron chi connectivity index (χ0n) is 16.0. The molecule has 3 aromatic rings. The normalized spacial score (nSPS) is 11.7. The van der Waals surface area contributed by atoms with E-state index in [0.29, 0.717) is 5.75 Å². The van der Waals surface area contributed by atoms with E-state index in [1.807, 2.05) is 18.2 Å². The highest BCUT2D eigenvalue weighted by Gasteiger charge is 2.11. The third-order valence-electron chi connectivity index (χ3n) is 4.40. The maximum atomic E-state index is 9.93. The fourth-order valence-corrected chi connectivity index (χ4v) is 3.33. The Labute approximate surface area is 168 Å². The van der Waals surface area contributed by atoms with Gasteiger partial charge in [0.2, 0.25) is 0 Å². The molecule has 0 heterocycles. The average Bonchev–Trinajstić information content (AvgIpc) is 2.63. The van der Waals surface area contributed by atoms with E-state index < -0.39 is 0 Å². The highest BCUT2D eigenvalue weighted by atomic mass is 35.5. The van der Waals surface area contributed by atoms with E-state index in [2.05, 4.69) is 80.5 Å². The molecule has 0 bridgehead atoms. The molecular formula is C24H26ClNO. The summed E-state index contributed by atoms with van der Waals surface area (Å²) in [6.45, 7) is 3.02. The van der Waals surface area contributed by atoms with Gasteiger partial charge in [0.25, 0.3) is 0 Å². The van der Waals surface area contributed by atoms with E-state index >= 15 is 0 Å². The first-order chi connectivity index (χ1) is 12.5. The molecule has 3 heteroatoms. The first-order valence-corrected chi connectivity index (χ1v) is 8.84. The van der Waals surface area contributed by atoms with Crippen molar-refractivity contribution < 1.29 is 5.11 Å². The van der Waals surface area contributed by atoms with Gasteiger partial charge in [0, 0.05) is 6.54 Å². The fourth-order valence-electron chi connectivity index (χ4n) is 3.33. The number of nitrogens with zero attached hydrogens (tertiary/aromatic N) is 1. The van der Waals surface area contributed by atoms with E-state index in [1.165, 1.54) is 22.3 Å². The van der Waals surface area contributed by atoms with Crippen molar-refractivity contribution in [3.8, 4) is 16.9 Å². The van der Waals surface area contributed by atoms with Crippen molar-refractivity contribution in [2.24, 2.45) is 0 Å². The van der Waals surface area contributed by atoms with Gasteiger partial charge in [0.1, 0.15) is 5.75 Å². The number of rotatable bonds is 5. The van der Waals surface area contributed by atoms with Crippen molar-refractivity contribution in [1.82, 2.24) is 4.90 Å². The summed E-state index contributed by atoms with van der Waals surface area (Å²) in [6.07, 6.45) is 0. The molecule has 0 saturated heterocycles. The Morgan fingerprint density at radius 2 is 1.41 bits per heavy atom. The minimum Gasteiger partial charge on any atom is -0.508 e. The molecular weight excluding hydrogens is 354 g/mol. The van der Waals surface area contributed by atoms with Crippen LogP contribution in [0.5, 0.6) is 5.75 Å². The largest absolute Gasteiger partial charge is 0.508 e. The number of aromatic hydroxyl groups is 1. The zero-order chi connectivity index (χ0) is 18.5. The standard InChI is InChI=1S/C24H25NO.ClH/c1-18(17-25(2)3)24(22-10-7-11-23(26)16-22)21-14-12-20(13-15-21)19-8-5-4-6-9-19;/h4-16,26H,17H2,1-3H3;1H. The Hall–Kier alpha value is -2.55. The Balaban J connectivity index is 0.00000261. The van der Waals surface area contributed by atoms with Crippen LogP contribution in [-0.2, 0) is 0 Å². The summed E-state index contributed by atoms with van der Waals surface area (Å²) in [7, 11) is 4.14. The van der Waals surface area contributed by atoms with Crippen LogP contribution in [0.1, 0.15) is 18.1 Å². The highest BCUT2D eigenvalue weighted by molar-refractivity contribution is 5.85. The van der Waals surface area contributed by atoms with Gasteiger partial charge in [-0.3, -0.25) is 0 Å². The van der Waals surface area contributed by atoms with E-state index in [1.54, 1.807) is 6.07 Å². The fraction of sp³-hybridized carbons (Fsp3) is 0.167. The third kappa shape index (κ3) is 5.22. The molecule has 0 spiro atoms. The Kier molecular flexibility index (Phi) is 7.23. The molecule has 3 rings (SSSR count). The molecule has 1 N–H and O–H groups in total. The minimum absolute atomic E-state index is 0. The van der Waals surface area contributed by atoms with E-state index in [9.17, 15) is 5.11 Å². The Morgan fingerprint density at radius 1 is 0.778 bits per heavy atom. The second-order valence-corrected chi connectivity index (χ2v) is 6.89. The third-order valence-corrected chi connectivity index (χ3v) is 4.40. The smallest absolute Gasteiger partial charge is 0.116 e. The predicted octanol–water partition coefficient (Wildman–Crippen LogP) is 5.86. The van der Waals surface area contributed by atoms with E-state index in [-0.39, 0.29) is 12.4 Å². The van der Waals surface area contributed by atoms with Crippen molar-refractivity contribution in [2.75, 3.05) is 20.6 Å². The van der Waals surface area contributed by atoms with Crippen molar-refractivity contribution in [2.45, 2.75) is 6.92 Å². The monoisotopic (exact) mass is 379 g/mol. The number of halogens is 1. The second-order valence-electron chi connectivity index (χ2n) is 6.89. The SMILES string of the molecule is CC(CN(C)C)=C(c1ccc(-c2ccccc2)cc1)c1cccc(O)c1.Cl. The van der Waals surface area contributed by atoms with Gasteiger partial charge >= 0.3 is 0 Å². The van der Waals surface area contributed by atoms with Gasteiger partial charge in [-0.05, 0) is 61.0 Å². The molecule has 0 aliphatic rings. The summed E-state index contributed by atoms with van der Waals surface area (Å²) < 4.78 is 0. The molecule has 0 unspecified atom stereocenters. The molecule has 0 aliphatic heterocycles. The highest BCUT2D eigenvalue weighted by Crippen LogP contribution is 2.31. The molecule has 0 saturated carbocycles. The second kappa shape index (κ2) is 9.40. The summed E-state index contributed by atoms with van der Waals surface area (Å²) >= 11 is 0. The summed E-state index contributed by atoms with van der Waals surface area (Å²) in [5, 5.41) is 9.93. The molecule has 0 amide bonds. The van der Waals surface area contributed by atoms with Crippen LogP contribution >= 0.6 is 12.4 Å².